The molecular weight excluding hydrogens is 315 g/mol. The number of amides is 1. The Labute approximate surface area is 132 Å². The molecule has 0 radical (unpaired) electrons. The molecule has 1 aliphatic rings. The highest BCUT2D eigenvalue weighted by atomic mass is 35.5. The van der Waals surface area contributed by atoms with Crippen LogP contribution in [0.4, 0.5) is 5.69 Å². The second kappa shape index (κ2) is 7.00. The number of carbonyl (C=O) groups is 2. The van der Waals surface area contributed by atoms with Crippen LogP contribution in [-0.4, -0.2) is 41.5 Å². The molecule has 1 aliphatic heterocycles. The van der Waals surface area contributed by atoms with E-state index in [0.29, 0.717) is 36.0 Å². The van der Waals surface area contributed by atoms with Gasteiger partial charge >= 0.3 is 5.97 Å². The lowest BCUT2D eigenvalue weighted by Crippen LogP contribution is -2.42. The van der Waals surface area contributed by atoms with Crippen molar-refractivity contribution in [3.63, 3.8) is 0 Å². The normalized spacial score (nSPS) is 15.8. The van der Waals surface area contributed by atoms with E-state index in [1.165, 1.54) is 0 Å². The molecule has 2 N–H and O–H groups in total. The predicted octanol–water partition coefficient (Wildman–Crippen LogP) is 2.73. The molecule has 1 aromatic carbocycles. The summed E-state index contributed by atoms with van der Waals surface area (Å²) in [5.41, 5.74) is 0.721. The van der Waals surface area contributed by atoms with Crippen LogP contribution in [0.25, 0.3) is 0 Å². The lowest BCUT2D eigenvalue weighted by Gasteiger charge is -2.30. The van der Waals surface area contributed by atoms with Crippen LogP contribution in [0.15, 0.2) is 18.2 Å². The Hall–Kier alpha value is -1.46. The quantitative estimate of drug-likeness (QED) is 0.890. The maximum atomic E-state index is 12.1. The van der Waals surface area contributed by atoms with Gasteiger partial charge in [0, 0.05) is 18.8 Å². The second-order valence-corrected chi connectivity index (χ2v) is 5.79. The molecule has 0 aromatic heterocycles. The minimum absolute atomic E-state index is 0.0510. The van der Waals surface area contributed by atoms with Crippen molar-refractivity contribution in [1.29, 1.82) is 0 Å². The molecule has 1 aromatic rings. The number of hydrogen-bond acceptors (Lipinski definition) is 3. The van der Waals surface area contributed by atoms with Crippen molar-refractivity contribution in [3.05, 3.63) is 28.2 Å². The lowest BCUT2D eigenvalue weighted by atomic mass is 9.97. The SMILES string of the molecule is O=C(O)C1CCN(C(=O)CNc2ccc(Cl)c(Cl)c2)CC1. The highest BCUT2D eigenvalue weighted by Crippen LogP contribution is 2.25. The minimum atomic E-state index is -0.781. The fraction of sp³-hybridized carbons (Fsp3) is 0.429. The Kier molecular flexibility index (Phi) is 5.31. The average molecular weight is 331 g/mol. The van der Waals surface area contributed by atoms with Crippen molar-refractivity contribution in [2.75, 3.05) is 25.0 Å². The van der Waals surface area contributed by atoms with E-state index >= 15 is 0 Å². The highest BCUT2D eigenvalue weighted by molar-refractivity contribution is 6.42. The summed E-state index contributed by atoms with van der Waals surface area (Å²) >= 11 is 11.7. The molecule has 5 nitrogen and oxygen atoms in total. The molecule has 1 fully saturated rings. The molecule has 114 valence electrons. The smallest absolute Gasteiger partial charge is 0.306 e. The Morgan fingerprint density at radius 3 is 2.48 bits per heavy atom. The standard InChI is InChI=1S/C14H16Cl2N2O3/c15-11-2-1-10(7-12(11)16)17-8-13(19)18-5-3-9(4-6-18)14(20)21/h1-2,7,9,17H,3-6,8H2,(H,20,21). The number of nitrogens with one attached hydrogen (secondary N) is 1. The first kappa shape index (κ1) is 15.9. The number of carboxylic acids is 1. The van der Waals surface area contributed by atoms with E-state index in [-0.39, 0.29) is 18.4 Å². The summed E-state index contributed by atoms with van der Waals surface area (Å²) in [6, 6.07) is 5.07. The Balaban J connectivity index is 1.82. The van der Waals surface area contributed by atoms with Gasteiger partial charge in [0.1, 0.15) is 0 Å². The summed E-state index contributed by atoms with van der Waals surface area (Å²) in [7, 11) is 0. The number of carboxylic acid groups (broad SMARTS) is 1. The molecular formula is C14H16Cl2N2O3. The molecule has 2 rings (SSSR count). The number of halogens is 2. The maximum Gasteiger partial charge on any atom is 0.306 e. The van der Waals surface area contributed by atoms with Crippen molar-refractivity contribution in [2.24, 2.45) is 5.92 Å². The van der Waals surface area contributed by atoms with Crippen molar-refractivity contribution in [3.8, 4) is 0 Å². The Morgan fingerprint density at radius 2 is 1.90 bits per heavy atom. The predicted molar refractivity (Wildman–Crippen MR) is 81.9 cm³/mol. The van der Waals surface area contributed by atoms with E-state index in [2.05, 4.69) is 5.32 Å². The first-order valence-electron chi connectivity index (χ1n) is 6.67. The van der Waals surface area contributed by atoms with E-state index in [1.54, 1.807) is 23.1 Å². The largest absolute Gasteiger partial charge is 0.481 e. The van der Waals surface area contributed by atoms with Gasteiger partial charge < -0.3 is 15.3 Å². The van der Waals surface area contributed by atoms with Gasteiger partial charge in [-0.15, -0.1) is 0 Å². The summed E-state index contributed by atoms with van der Waals surface area (Å²) in [4.78, 5) is 24.6. The number of likely N-dealkylation sites (tertiary alicyclic amines) is 1. The van der Waals surface area contributed by atoms with Crippen LogP contribution in [0.5, 0.6) is 0 Å². The summed E-state index contributed by atoms with van der Waals surface area (Å²) in [5.74, 6) is -1.17. The van der Waals surface area contributed by atoms with Crippen LogP contribution in [0, 0.1) is 5.92 Å². The third-order valence-electron chi connectivity index (χ3n) is 3.56. The van der Waals surface area contributed by atoms with Gasteiger partial charge in [0.2, 0.25) is 5.91 Å². The van der Waals surface area contributed by atoms with Crippen molar-refractivity contribution in [2.45, 2.75) is 12.8 Å². The van der Waals surface area contributed by atoms with Crippen LogP contribution in [0.2, 0.25) is 10.0 Å². The molecule has 7 heteroatoms. The van der Waals surface area contributed by atoms with Gasteiger partial charge in [-0.3, -0.25) is 9.59 Å². The third-order valence-corrected chi connectivity index (χ3v) is 4.30. The van der Waals surface area contributed by atoms with Crippen LogP contribution in [0.3, 0.4) is 0 Å². The first-order valence-corrected chi connectivity index (χ1v) is 7.42. The van der Waals surface area contributed by atoms with Crippen LogP contribution in [-0.2, 0) is 9.59 Å². The minimum Gasteiger partial charge on any atom is -0.481 e. The van der Waals surface area contributed by atoms with Gasteiger partial charge in [0.15, 0.2) is 0 Å². The first-order chi connectivity index (χ1) is 9.97. The van der Waals surface area contributed by atoms with Crippen LogP contribution in [0.1, 0.15) is 12.8 Å². The van der Waals surface area contributed by atoms with Crippen LogP contribution < -0.4 is 5.32 Å². The van der Waals surface area contributed by atoms with Crippen molar-refractivity contribution < 1.29 is 14.7 Å². The number of nitrogens with zero attached hydrogens (tertiary/aromatic N) is 1. The van der Waals surface area contributed by atoms with Crippen LogP contribution >= 0.6 is 23.2 Å². The van der Waals surface area contributed by atoms with Gasteiger partial charge in [-0.25, -0.2) is 0 Å². The summed E-state index contributed by atoms with van der Waals surface area (Å²) < 4.78 is 0. The Morgan fingerprint density at radius 1 is 1.24 bits per heavy atom. The Bertz CT molecular complexity index is 543. The summed E-state index contributed by atoms with van der Waals surface area (Å²) in [6.07, 6.45) is 1.02. The zero-order valence-electron chi connectivity index (χ0n) is 11.3. The van der Waals surface area contributed by atoms with E-state index in [9.17, 15) is 9.59 Å². The molecule has 0 saturated carbocycles. The second-order valence-electron chi connectivity index (χ2n) is 4.98. The van der Waals surface area contributed by atoms with E-state index < -0.39 is 5.97 Å². The molecule has 1 amide bonds. The number of anilines is 1. The molecule has 0 unspecified atom stereocenters. The number of rotatable bonds is 4. The molecule has 0 aliphatic carbocycles. The van der Waals surface area contributed by atoms with E-state index in [1.807, 2.05) is 0 Å². The molecule has 1 heterocycles. The highest BCUT2D eigenvalue weighted by Gasteiger charge is 2.26. The third kappa shape index (κ3) is 4.25. The fourth-order valence-corrected chi connectivity index (χ4v) is 2.57. The average Bonchev–Trinajstić information content (AvgIpc) is 2.48. The van der Waals surface area contributed by atoms with Gasteiger partial charge in [-0.1, -0.05) is 23.2 Å². The number of hydrogen-bond donors (Lipinski definition) is 2. The van der Waals surface area contributed by atoms with Gasteiger partial charge in [0.25, 0.3) is 0 Å². The maximum absolute atomic E-state index is 12.1. The molecule has 1 saturated heterocycles. The molecule has 0 atom stereocenters. The molecule has 21 heavy (non-hydrogen) atoms. The number of piperidine rings is 1. The van der Waals surface area contributed by atoms with Gasteiger partial charge in [-0.05, 0) is 31.0 Å². The van der Waals surface area contributed by atoms with Crippen molar-refractivity contribution in [1.82, 2.24) is 4.90 Å². The summed E-state index contributed by atoms with van der Waals surface area (Å²) in [6.45, 7) is 1.12. The summed E-state index contributed by atoms with van der Waals surface area (Å²) in [5, 5.41) is 12.8. The number of carbonyl (C=O) groups excluding carboxylic acids is 1. The number of aliphatic carboxylic acids is 1. The molecule has 0 spiro atoms. The topological polar surface area (TPSA) is 69.6 Å². The van der Waals surface area contributed by atoms with E-state index in [4.69, 9.17) is 28.3 Å². The molecule has 0 bridgehead atoms. The van der Waals surface area contributed by atoms with E-state index in [0.717, 1.165) is 5.69 Å². The lowest BCUT2D eigenvalue weighted by molar-refractivity contribution is -0.145. The fourth-order valence-electron chi connectivity index (χ4n) is 2.27. The van der Waals surface area contributed by atoms with Crippen molar-refractivity contribution >= 4 is 40.8 Å². The monoisotopic (exact) mass is 330 g/mol. The zero-order chi connectivity index (χ0) is 15.4. The van der Waals surface area contributed by atoms with Gasteiger partial charge in [-0.2, -0.15) is 0 Å². The zero-order valence-corrected chi connectivity index (χ0v) is 12.8. The number of benzene rings is 1. The van der Waals surface area contributed by atoms with Gasteiger partial charge in [0.05, 0.1) is 22.5 Å².